The van der Waals surface area contributed by atoms with Gasteiger partial charge in [-0.05, 0) is 62.2 Å². The largest absolute Gasteiger partial charge is 0.374 e. The van der Waals surface area contributed by atoms with Crippen LogP contribution in [0, 0.1) is 13.8 Å². The first kappa shape index (κ1) is 15.9. The van der Waals surface area contributed by atoms with Gasteiger partial charge in [-0.3, -0.25) is 4.79 Å². The number of anilines is 2. The summed E-state index contributed by atoms with van der Waals surface area (Å²) in [7, 11) is 0. The number of aryl methyl sites for hydroxylation is 2. The van der Waals surface area contributed by atoms with Crippen molar-refractivity contribution in [1.82, 2.24) is 9.97 Å². The molecule has 6 heteroatoms. The molecular weight excluding hydrogens is 304 g/mol. The van der Waals surface area contributed by atoms with Crippen molar-refractivity contribution in [3.05, 3.63) is 58.0 Å². The Hall–Kier alpha value is -3.02. The second kappa shape index (κ2) is 6.23. The SMILES string of the molecule is Cc1cc(C)cc(N[C@@H](C)C(=O)Nc2ccc3[nH]c(=O)[nH]c3c2)c1. The lowest BCUT2D eigenvalue weighted by molar-refractivity contribution is -0.116. The first-order chi connectivity index (χ1) is 11.4. The lowest BCUT2D eigenvalue weighted by Gasteiger charge is -2.16. The van der Waals surface area contributed by atoms with Gasteiger partial charge in [-0.15, -0.1) is 0 Å². The number of rotatable bonds is 4. The summed E-state index contributed by atoms with van der Waals surface area (Å²) in [6, 6.07) is 10.9. The molecule has 1 atom stereocenters. The van der Waals surface area contributed by atoms with E-state index in [1.54, 1.807) is 18.2 Å². The minimum absolute atomic E-state index is 0.147. The highest BCUT2D eigenvalue weighted by atomic mass is 16.2. The fourth-order valence-corrected chi connectivity index (χ4v) is 2.73. The molecule has 0 unspecified atom stereocenters. The highest BCUT2D eigenvalue weighted by Gasteiger charge is 2.13. The Morgan fingerprint density at radius 3 is 2.33 bits per heavy atom. The Balaban J connectivity index is 1.71. The van der Waals surface area contributed by atoms with Crippen molar-refractivity contribution in [1.29, 1.82) is 0 Å². The van der Waals surface area contributed by atoms with Crippen LogP contribution < -0.4 is 16.3 Å². The van der Waals surface area contributed by atoms with E-state index < -0.39 is 6.04 Å². The number of imidazole rings is 1. The number of nitrogens with one attached hydrogen (secondary N) is 4. The fourth-order valence-electron chi connectivity index (χ4n) is 2.73. The van der Waals surface area contributed by atoms with E-state index in [2.05, 4.69) is 26.7 Å². The van der Waals surface area contributed by atoms with E-state index in [1.165, 1.54) is 0 Å². The first-order valence-electron chi connectivity index (χ1n) is 7.78. The number of aromatic amines is 2. The summed E-state index contributed by atoms with van der Waals surface area (Å²) in [5.74, 6) is -0.147. The van der Waals surface area contributed by atoms with E-state index in [-0.39, 0.29) is 11.6 Å². The van der Waals surface area contributed by atoms with E-state index in [4.69, 9.17) is 0 Å². The van der Waals surface area contributed by atoms with Crippen LogP contribution in [0.15, 0.2) is 41.2 Å². The van der Waals surface area contributed by atoms with Gasteiger partial charge in [0.2, 0.25) is 5.91 Å². The molecule has 0 fully saturated rings. The minimum Gasteiger partial charge on any atom is -0.374 e. The van der Waals surface area contributed by atoms with Gasteiger partial charge in [-0.2, -0.15) is 0 Å². The molecule has 1 heterocycles. The quantitative estimate of drug-likeness (QED) is 0.595. The number of H-pyrrole nitrogens is 2. The van der Waals surface area contributed by atoms with Crippen LogP contribution in [-0.2, 0) is 4.79 Å². The fraction of sp³-hybridized carbons (Fsp3) is 0.222. The second-order valence-electron chi connectivity index (χ2n) is 6.07. The van der Waals surface area contributed by atoms with Gasteiger partial charge in [0.25, 0.3) is 0 Å². The number of aromatic nitrogens is 2. The highest BCUT2D eigenvalue weighted by Crippen LogP contribution is 2.17. The van der Waals surface area contributed by atoms with E-state index in [9.17, 15) is 9.59 Å². The third-order valence-electron chi connectivity index (χ3n) is 3.78. The molecule has 124 valence electrons. The van der Waals surface area contributed by atoms with Crippen LogP contribution in [-0.4, -0.2) is 21.9 Å². The Morgan fingerprint density at radius 2 is 1.62 bits per heavy atom. The monoisotopic (exact) mass is 324 g/mol. The van der Waals surface area contributed by atoms with Gasteiger partial charge >= 0.3 is 5.69 Å². The maximum absolute atomic E-state index is 12.4. The lowest BCUT2D eigenvalue weighted by Crippen LogP contribution is -2.31. The Labute approximate surface area is 139 Å². The minimum atomic E-state index is -0.396. The van der Waals surface area contributed by atoms with Crippen molar-refractivity contribution in [2.45, 2.75) is 26.8 Å². The summed E-state index contributed by atoms with van der Waals surface area (Å²) >= 11 is 0. The molecule has 6 nitrogen and oxygen atoms in total. The maximum atomic E-state index is 12.4. The van der Waals surface area contributed by atoms with Crippen LogP contribution in [0.3, 0.4) is 0 Å². The number of hydrogen-bond donors (Lipinski definition) is 4. The molecular formula is C18H20N4O2. The molecule has 4 N–H and O–H groups in total. The Bertz CT molecular complexity index is 935. The van der Waals surface area contributed by atoms with Crippen molar-refractivity contribution in [2.24, 2.45) is 0 Å². The molecule has 3 rings (SSSR count). The van der Waals surface area contributed by atoms with Gasteiger partial charge in [0.05, 0.1) is 11.0 Å². The number of benzene rings is 2. The summed E-state index contributed by atoms with van der Waals surface area (Å²) in [6.45, 7) is 5.86. The molecule has 0 saturated carbocycles. The van der Waals surface area contributed by atoms with Gasteiger partial charge in [0.15, 0.2) is 0 Å². The average Bonchev–Trinajstić information content (AvgIpc) is 2.85. The molecule has 24 heavy (non-hydrogen) atoms. The number of fused-ring (bicyclic) bond motifs is 1. The van der Waals surface area contributed by atoms with Crippen molar-refractivity contribution >= 4 is 28.3 Å². The molecule has 3 aromatic rings. The Kier molecular flexibility index (Phi) is 4.12. The highest BCUT2D eigenvalue weighted by molar-refractivity contribution is 5.97. The van der Waals surface area contributed by atoms with Crippen molar-refractivity contribution in [3.8, 4) is 0 Å². The van der Waals surface area contributed by atoms with Crippen LogP contribution in [0.2, 0.25) is 0 Å². The molecule has 0 aliphatic rings. The summed E-state index contributed by atoms with van der Waals surface area (Å²) in [5, 5.41) is 6.06. The van der Waals surface area contributed by atoms with E-state index in [0.29, 0.717) is 16.7 Å². The zero-order chi connectivity index (χ0) is 17.3. The summed E-state index contributed by atoms with van der Waals surface area (Å²) in [6.07, 6.45) is 0. The van der Waals surface area contributed by atoms with Crippen LogP contribution in [0.5, 0.6) is 0 Å². The summed E-state index contributed by atoms with van der Waals surface area (Å²) in [4.78, 5) is 29.0. The van der Waals surface area contributed by atoms with Crippen LogP contribution in [0.25, 0.3) is 11.0 Å². The Morgan fingerprint density at radius 1 is 0.958 bits per heavy atom. The zero-order valence-electron chi connectivity index (χ0n) is 13.9. The van der Waals surface area contributed by atoms with Gasteiger partial charge in [-0.1, -0.05) is 6.07 Å². The van der Waals surface area contributed by atoms with Gasteiger partial charge in [0, 0.05) is 11.4 Å². The predicted octanol–water partition coefficient (Wildman–Crippen LogP) is 2.91. The summed E-state index contributed by atoms with van der Waals surface area (Å²) < 4.78 is 0. The van der Waals surface area contributed by atoms with Gasteiger partial charge < -0.3 is 20.6 Å². The average molecular weight is 324 g/mol. The number of carbonyl (C=O) groups is 1. The number of carbonyl (C=O) groups excluding carboxylic acids is 1. The molecule has 2 aromatic carbocycles. The van der Waals surface area contributed by atoms with Crippen molar-refractivity contribution in [3.63, 3.8) is 0 Å². The molecule has 0 aliphatic heterocycles. The number of hydrogen-bond acceptors (Lipinski definition) is 3. The summed E-state index contributed by atoms with van der Waals surface area (Å²) in [5.41, 5.74) is 4.95. The van der Waals surface area contributed by atoms with E-state index in [0.717, 1.165) is 16.8 Å². The third-order valence-corrected chi connectivity index (χ3v) is 3.78. The van der Waals surface area contributed by atoms with Gasteiger partial charge in [-0.25, -0.2) is 4.79 Å². The molecule has 1 aromatic heterocycles. The molecule has 0 saturated heterocycles. The maximum Gasteiger partial charge on any atom is 0.323 e. The van der Waals surface area contributed by atoms with Crippen molar-refractivity contribution < 1.29 is 4.79 Å². The molecule has 0 bridgehead atoms. The van der Waals surface area contributed by atoms with Crippen LogP contribution >= 0.6 is 0 Å². The third kappa shape index (κ3) is 3.48. The molecule has 1 amide bonds. The molecule has 0 radical (unpaired) electrons. The normalized spacial score (nSPS) is 12.1. The first-order valence-corrected chi connectivity index (χ1v) is 7.78. The second-order valence-corrected chi connectivity index (χ2v) is 6.07. The van der Waals surface area contributed by atoms with E-state index in [1.807, 2.05) is 32.9 Å². The topological polar surface area (TPSA) is 89.8 Å². The lowest BCUT2D eigenvalue weighted by atomic mass is 10.1. The molecule has 0 aliphatic carbocycles. The standard InChI is InChI=1S/C18H20N4O2/c1-10-6-11(2)8-14(7-10)19-12(3)17(23)20-13-4-5-15-16(9-13)22-18(24)21-15/h4-9,12,19H,1-3H3,(H,20,23)(H2,21,22,24)/t12-/m0/s1. The van der Waals surface area contributed by atoms with Gasteiger partial charge in [0.1, 0.15) is 6.04 Å². The predicted molar refractivity (Wildman–Crippen MR) is 96.5 cm³/mol. The van der Waals surface area contributed by atoms with Crippen molar-refractivity contribution in [2.75, 3.05) is 10.6 Å². The zero-order valence-corrected chi connectivity index (χ0v) is 13.9. The van der Waals surface area contributed by atoms with Crippen LogP contribution in [0.1, 0.15) is 18.1 Å². The van der Waals surface area contributed by atoms with E-state index >= 15 is 0 Å². The smallest absolute Gasteiger partial charge is 0.323 e. The molecule has 0 spiro atoms. The van der Waals surface area contributed by atoms with Crippen LogP contribution in [0.4, 0.5) is 11.4 Å². The number of amides is 1.